The van der Waals surface area contributed by atoms with Gasteiger partial charge in [-0.3, -0.25) is 10.1 Å². The van der Waals surface area contributed by atoms with Crippen molar-refractivity contribution in [3.63, 3.8) is 0 Å². The molecule has 3 amide bonds. The molecule has 2 N–H and O–H groups in total. The minimum absolute atomic E-state index is 0.0504. The molecule has 2 aromatic rings. The van der Waals surface area contributed by atoms with E-state index in [4.69, 9.17) is 9.15 Å². The van der Waals surface area contributed by atoms with Crippen LogP contribution in [0.2, 0.25) is 0 Å². The van der Waals surface area contributed by atoms with Gasteiger partial charge in [-0.25, -0.2) is 9.59 Å². The standard InChI is InChI=1S/C16H18N2O5/c1-3-8-17-16(21)18-13(19)9-22-15(20)14-10(2)11-6-4-5-7-12(11)23-14/h4-7H,3,8-9H2,1-2H3,(H2,17,18,19,21). The van der Waals surface area contributed by atoms with Crippen LogP contribution in [0.15, 0.2) is 28.7 Å². The van der Waals surface area contributed by atoms with Crippen molar-refractivity contribution in [3.8, 4) is 0 Å². The lowest BCUT2D eigenvalue weighted by Gasteiger charge is -2.06. The van der Waals surface area contributed by atoms with Gasteiger partial charge in [-0.1, -0.05) is 25.1 Å². The van der Waals surface area contributed by atoms with Crippen molar-refractivity contribution in [2.75, 3.05) is 13.2 Å². The maximum absolute atomic E-state index is 12.0. The minimum Gasteiger partial charge on any atom is -0.450 e. The van der Waals surface area contributed by atoms with E-state index in [1.807, 2.05) is 19.1 Å². The molecule has 0 radical (unpaired) electrons. The number of benzene rings is 1. The largest absolute Gasteiger partial charge is 0.450 e. The van der Waals surface area contributed by atoms with E-state index in [0.29, 0.717) is 17.7 Å². The Labute approximate surface area is 133 Å². The van der Waals surface area contributed by atoms with Gasteiger partial charge in [0, 0.05) is 17.5 Å². The Morgan fingerprint density at radius 2 is 1.96 bits per heavy atom. The van der Waals surface area contributed by atoms with Gasteiger partial charge in [0.05, 0.1) is 0 Å². The van der Waals surface area contributed by atoms with Crippen molar-refractivity contribution >= 4 is 28.9 Å². The first-order chi connectivity index (χ1) is 11.0. The molecule has 1 heterocycles. The van der Waals surface area contributed by atoms with Gasteiger partial charge in [0.1, 0.15) is 5.58 Å². The fourth-order valence-electron chi connectivity index (χ4n) is 2.01. The number of esters is 1. The number of nitrogens with one attached hydrogen (secondary N) is 2. The molecular weight excluding hydrogens is 300 g/mol. The van der Waals surface area contributed by atoms with Gasteiger partial charge in [0.2, 0.25) is 5.76 Å². The van der Waals surface area contributed by atoms with Crippen molar-refractivity contribution in [1.82, 2.24) is 10.6 Å². The van der Waals surface area contributed by atoms with Crippen molar-refractivity contribution in [2.45, 2.75) is 20.3 Å². The average Bonchev–Trinajstić information content (AvgIpc) is 2.88. The monoisotopic (exact) mass is 318 g/mol. The number of hydrogen-bond donors (Lipinski definition) is 2. The number of aryl methyl sites for hydroxylation is 1. The summed E-state index contributed by atoms with van der Waals surface area (Å²) in [5.41, 5.74) is 1.21. The molecule has 23 heavy (non-hydrogen) atoms. The number of ether oxygens (including phenoxy) is 1. The molecule has 0 spiro atoms. The van der Waals surface area contributed by atoms with Gasteiger partial charge in [-0.05, 0) is 19.4 Å². The number of fused-ring (bicyclic) bond motifs is 1. The van der Waals surface area contributed by atoms with Crippen molar-refractivity contribution in [1.29, 1.82) is 0 Å². The second kappa shape index (κ2) is 7.44. The summed E-state index contributed by atoms with van der Waals surface area (Å²) in [5, 5.41) is 5.35. The molecule has 0 unspecified atom stereocenters. The van der Waals surface area contributed by atoms with E-state index in [9.17, 15) is 14.4 Å². The molecule has 0 saturated heterocycles. The fraction of sp³-hybridized carbons (Fsp3) is 0.312. The van der Waals surface area contributed by atoms with Crippen molar-refractivity contribution in [3.05, 3.63) is 35.6 Å². The smallest absolute Gasteiger partial charge is 0.375 e. The third-order valence-electron chi connectivity index (χ3n) is 3.15. The lowest BCUT2D eigenvalue weighted by Crippen LogP contribution is -2.41. The number of amides is 3. The van der Waals surface area contributed by atoms with Crippen LogP contribution >= 0.6 is 0 Å². The zero-order valence-corrected chi connectivity index (χ0v) is 13.0. The quantitative estimate of drug-likeness (QED) is 0.823. The number of rotatable bonds is 5. The van der Waals surface area contributed by atoms with E-state index in [1.165, 1.54) is 0 Å². The van der Waals surface area contributed by atoms with Crippen LogP contribution in [0.25, 0.3) is 11.0 Å². The summed E-state index contributed by atoms with van der Waals surface area (Å²) in [6, 6.07) is 6.58. The van der Waals surface area contributed by atoms with Crippen LogP contribution < -0.4 is 10.6 Å². The summed E-state index contributed by atoms with van der Waals surface area (Å²) < 4.78 is 10.3. The zero-order valence-electron chi connectivity index (χ0n) is 13.0. The second-order valence-corrected chi connectivity index (χ2v) is 4.93. The lowest BCUT2D eigenvalue weighted by molar-refractivity contribution is -0.123. The Hall–Kier alpha value is -2.83. The van der Waals surface area contributed by atoms with Gasteiger partial charge in [0.25, 0.3) is 5.91 Å². The summed E-state index contributed by atoms with van der Waals surface area (Å²) in [6.45, 7) is 3.52. The first-order valence-corrected chi connectivity index (χ1v) is 7.25. The summed E-state index contributed by atoms with van der Waals surface area (Å²) in [7, 11) is 0. The Morgan fingerprint density at radius 3 is 2.65 bits per heavy atom. The van der Waals surface area contributed by atoms with Crippen LogP contribution in [0, 0.1) is 6.92 Å². The summed E-state index contributed by atoms with van der Waals surface area (Å²) >= 11 is 0. The molecule has 7 nitrogen and oxygen atoms in total. The molecule has 1 aromatic carbocycles. The Kier molecular flexibility index (Phi) is 5.35. The summed E-state index contributed by atoms with van der Waals surface area (Å²) in [6.07, 6.45) is 0.752. The molecule has 122 valence electrons. The highest BCUT2D eigenvalue weighted by Crippen LogP contribution is 2.25. The van der Waals surface area contributed by atoms with Crippen LogP contribution in [-0.4, -0.2) is 31.1 Å². The third kappa shape index (κ3) is 4.09. The molecule has 0 bridgehead atoms. The van der Waals surface area contributed by atoms with Gasteiger partial charge in [-0.15, -0.1) is 0 Å². The van der Waals surface area contributed by atoms with Gasteiger partial charge >= 0.3 is 12.0 Å². The predicted molar refractivity (Wildman–Crippen MR) is 83.1 cm³/mol. The van der Waals surface area contributed by atoms with E-state index in [1.54, 1.807) is 19.1 Å². The zero-order chi connectivity index (χ0) is 16.8. The topological polar surface area (TPSA) is 97.6 Å². The molecule has 0 aliphatic heterocycles. The van der Waals surface area contributed by atoms with Crippen molar-refractivity contribution in [2.24, 2.45) is 0 Å². The molecule has 0 atom stereocenters. The van der Waals surface area contributed by atoms with Crippen LogP contribution in [0.4, 0.5) is 4.79 Å². The average molecular weight is 318 g/mol. The van der Waals surface area contributed by atoms with Crippen LogP contribution in [-0.2, 0) is 9.53 Å². The first-order valence-electron chi connectivity index (χ1n) is 7.25. The molecule has 7 heteroatoms. The van der Waals surface area contributed by atoms with E-state index in [-0.39, 0.29) is 5.76 Å². The molecule has 0 saturated carbocycles. The second-order valence-electron chi connectivity index (χ2n) is 4.93. The fourth-order valence-corrected chi connectivity index (χ4v) is 2.01. The number of para-hydroxylation sites is 1. The lowest BCUT2D eigenvalue weighted by atomic mass is 10.1. The van der Waals surface area contributed by atoms with Crippen molar-refractivity contribution < 1.29 is 23.5 Å². The summed E-state index contributed by atoms with van der Waals surface area (Å²) in [5.74, 6) is -1.40. The maximum Gasteiger partial charge on any atom is 0.375 e. The van der Waals surface area contributed by atoms with Gasteiger partial charge in [-0.2, -0.15) is 0 Å². The SMILES string of the molecule is CCCNC(=O)NC(=O)COC(=O)c1oc2ccccc2c1C. The van der Waals surface area contributed by atoms with Gasteiger partial charge < -0.3 is 14.5 Å². The van der Waals surface area contributed by atoms with Crippen LogP contribution in [0.1, 0.15) is 29.5 Å². The molecule has 1 aromatic heterocycles. The maximum atomic E-state index is 12.0. The molecule has 0 fully saturated rings. The van der Waals surface area contributed by atoms with E-state index >= 15 is 0 Å². The highest BCUT2D eigenvalue weighted by Gasteiger charge is 2.20. The number of carbonyl (C=O) groups excluding carboxylic acids is 3. The third-order valence-corrected chi connectivity index (χ3v) is 3.15. The normalized spacial score (nSPS) is 10.3. The number of imide groups is 1. The van der Waals surface area contributed by atoms with Crippen LogP contribution in [0.5, 0.6) is 0 Å². The molecule has 0 aliphatic carbocycles. The number of urea groups is 1. The minimum atomic E-state index is -0.747. The predicted octanol–water partition coefficient (Wildman–Crippen LogP) is 2.13. The van der Waals surface area contributed by atoms with E-state index in [0.717, 1.165) is 11.8 Å². The number of hydrogen-bond acceptors (Lipinski definition) is 5. The molecule has 0 aliphatic rings. The number of carbonyl (C=O) groups is 3. The van der Waals surface area contributed by atoms with E-state index < -0.39 is 24.5 Å². The van der Waals surface area contributed by atoms with Gasteiger partial charge in [0.15, 0.2) is 6.61 Å². The molecular formula is C16H18N2O5. The Bertz CT molecular complexity index is 735. The Morgan fingerprint density at radius 1 is 1.22 bits per heavy atom. The highest BCUT2D eigenvalue weighted by molar-refractivity contribution is 5.98. The molecule has 2 rings (SSSR count). The highest BCUT2D eigenvalue weighted by atomic mass is 16.5. The first kappa shape index (κ1) is 16.5. The van der Waals surface area contributed by atoms with Crippen LogP contribution in [0.3, 0.4) is 0 Å². The Balaban J connectivity index is 1.92. The number of furan rings is 1. The summed E-state index contributed by atoms with van der Waals surface area (Å²) in [4.78, 5) is 34.8. The van der Waals surface area contributed by atoms with E-state index in [2.05, 4.69) is 10.6 Å².